The number of anilines is 1. The summed E-state index contributed by atoms with van der Waals surface area (Å²) < 4.78 is 12.1. The number of fused-ring (bicyclic) bond motifs is 1. The van der Waals surface area contributed by atoms with Gasteiger partial charge in [0.15, 0.2) is 5.60 Å². The Morgan fingerprint density at radius 1 is 1.07 bits per heavy atom. The number of hydrogen-bond acceptors (Lipinski definition) is 11. The van der Waals surface area contributed by atoms with Crippen LogP contribution in [-0.2, 0) is 21.7 Å². The van der Waals surface area contributed by atoms with Crippen LogP contribution in [-0.4, -0.2) is 70.5 Å². The number of nitrogens with zero attached hydrogens (tertiary/aromatic N) is 1. The van der Waals surface area contributed by atoms with Crippen molar-refractivity contribution in [3.05, 3.63) is 127 Å². The van der Waals surface area contributed by atoms with Gasteiger partial charge in [0.1, 0.15) is 17.3 Å². The summed E-state index contributed by atoms with van der Waals surface area (Å²) in [4.78, 5) is 32.1. The van der Waals surface area contributed by atoms with E-state index in [1.165, 1.54) is 34.8 Å². The number of methoxy groups -OCH3 is 1. The van der Waals surface area contributed by atoms with Gasteiger partial charge in [0.05, 0.1) is 35.9 Å². The number of thiophene rings is 2. The fourth-order valence-electron chi connectivity index (χ4n) is 7.62. The lowest BCUT2D eigenvalue weighted by Gasteiger charge is -2.39. The number of pyridine rings is 1. The number of carbonyl (C=O) groups is 1. The number of phenols is 1. The molecule has 1 aliphatic carbocycles. The Morgan fingerprint density at radius 2 is 1.75 bits per heavy atom. The molecule has 0 aliphatic heterocycles. The van der Waals surface area contributed by atoms with Gasteiger partial charge in [-0.1, -0.05) is 37.4 Å². The van der Waals surface area contributed by atoms with Gasteiger partial charge in [-0.15, -0.1) is 22.7 Å². The van der Waals surface area contributed by atoms with Crippen molar-refractivity contribution in [2.45, 2.75) is 69.9 Å². The standard InChI is InChI=1S/C44H52N4O7S2/c1-7-28-22-29(24-45-25-36(50)32-16-18-35(49)41-33(32)17-19-40(51)47-41)37(54-6)23-34(28)46-42(52)43(3,4)26-48(5)30-12-14-31(15-13-30)55-27(2)44(53,38-10-8-20-56-38)39-11-9-21-57-39/h7-11,16-23,30-31,36,45,49-50,53H,1-2,12-15,24-26H2,3-6H3,(H,46,52)(H,47,51)/t30-,31-,36-/m0/s1. The average Bonchev–Trinajstić information content (AvgIpc) is 3.95. The number of amides is 1. The smallest absolute Gasteiger partial charge is 0.248 e. The summed E-state index contributed by atoms with van der Waals surface area (Å²) in [5, 5.41) is 43.9. The molecule has 0 unspecified atom stereocenters. The molecule has 0 bridgehead atoms. The number of benzene rings is 2. The first-order chi connectivity index (χ1) is 27.2. The van der Waals surface area contributed by atoms with Gasteiger partial charge in [0.2, 0.25) is 11.5 Å². The van der Waals surface area contributed by atoms with E-state index in [2.05, 4.69) is 40.7 Å². The number of ether oxygens (including phenoxy) is 2. The summed E-state index contributed by atoms with van der Waals surface area (Å²) >= 11 is 2.96. The van der Waals surface area contributed by atoms with E-state index in [1.807, 2.05) is 54.9 Å². The van der Waals surface area contributed by atoms with Crippen LogP contribution in [0.2, 0.25) is 0 Å². The number of H-pyrrole nitrogens is 1. The topological polar surface area (TPSA) is 156 Å². The normalized spacial score (nSPS) is 16.7. The number of aromatic nitrogens is 1. The van der Waals surface area contributed by atoms with Crippen molar-refractivity contribution in [2.75, 3.05) is 32.6 Å². The minimum Gasteiger partial charge on any atom is -0.506 e. The number of aliphatic hydroxyl groups is 2. The van der Waals surface area contributed by atoms with Crippen molar-refractivity contribution >= 4 is 51.2 Å². The Bertz CT molecular complexity index is 2210. The van der Waals surface area contributed by atoms with Gasteiger partial charge in [-0.2, -0.15) is 0 Å². The minimum absolute atomic E-state index is 0.0620. The van der Waals surface area contributed by atoms with Crippen molar-refractivity contribution in [3.63, 3.8) is 0 Å². The number of aromatic hydroxyl groups is 1. The molecule has 6 N–H and O–H groups in total. The molecule has 3 heterocycles. The lowest BCUT2D eigenvalue weighted by Crippen LogP contribution is -2.46. The lowest BCUT2D eigenvalue weighted by atomic mass is 9.87. The predicted molar refractivity (Wildman–Crippen MR) is 229 cm³/mol. The Balaban J connectivity index is 1.03. The highest BCUT2D eigenvalue weighted by Gasteiger charge is 2.41. The van der Waals surface area contributed by atoms with E-state index in [0.717, 1.165) is 46.6 Å². The lowest BCUT2D eigenvalue weighted by molar-refractivity contribution is -0.125. The molecule has 11 nitrogen and oxygen atoms in total. The van der Waals surface area contributed by atoms with Crippen LogP contribution in [0.15, 0.2) is 95.1 Å². The van der Waals surface area contributed by atoms with Gasteiger partial charge in [-0.3, -0.25) is 9.59 Å². The highest BCUT2D eigenvalue weighted by Crippen LogP contribution is 2.43. The molecule has 1 fully saturated rings. The monoisotopic (exact) mass is 812 g/mol. The van der Waals surface area contributed by atoms with Gasteiger partial charge >= 0.3 is 0 Å². The molecule has 0 radical (unpaired) electrons. The number of aliphatic hydroxyl groups excluding tert-OH is 1. The van der Waals surface area contributed by atoms with E-state index in [-0.39, 0.29) is 41.4 Å². The number of phenolic OH excluding ortho intramolecular Hbond substituents is 1. The summed E-state index contributed by atoms with van der Waals surface area (Å²) in [6.07, 6.45) is 4.10. The van der Waals surface area contributed by atoms with Crippen molar-refractivity contribution in [2.24, 2.45) is 5.41 Å². The zero-order chi connectivity index (χ0) is 40.9. The SMILES string of the molecule is C=Cc1cc(CNC[C@H](O)c2ccc(O)c3[nH]c(=O)ccc23)c(OC)cc1NC(=O)C(C)(C)CN(C)[C@H]1CC[C@H](OC(=C)C(O)(c2cccs2)c2cccs2)CC1. The van der Waals surface area contributed by atoms with Gasteiger partial charge in [0, 0.05) is 58.5 Å². The zero-order valence-corrected chi connectivity index (χ0v) is 34.5. The van der Waals surface area contributed by atoms with Crippen LogP contribution >= 0.6 is 22.7 Å². The van der Waals surface area contributed by atoms with Crippen LogP contribution in [0, 0.1) is 5.41 Å². The molecular formula is C44H52N4O7S2. The van der Waals surface area contributed by atoms with Crippen LogP contribution in [0.25, 0.3) is 17.0 Å². The number of carbonyl (C=O) groups excluding carboxylic acids is 1. The molecule has 13 heteroatoms. The van der Waals surface area contributed by atoms with Crippen molar-refractivity contribution in [1.29, 1.82) is 0 Å². The average molecular weight is 813 g/mol. The molecular weight excluding hydrogens is 761 g/mol. The second-order valence-electron chi connectivity index (χ2n) is 15.3. The summed E-state index contributed by atoms with van der Waals surface area (Å²) in [6, 6.07) is 17.7. The Hall–Kier alpha value is -4.76. The molecule has 3 aromatic heterocycles. The number of hydrogen-bond donors (Lipinski definition) is 6. The molecule has 5 aromatic rings. The Labute approximate surface area is 341 Å². The van der Waals surface area contributed by atoms with Gasteiger partial charge in [-0.05, 0) is 98.8 Å². The van der Waals surface area contributed by atoms with Crippen LogP contribution in [0.5, 0.6) is 11.5 Å². The first kappa shape index (κ1) is 41.9. The summed E-state index contributed by atoms with van der Waals surface area (Å²) in [7, 11) is 3.63. The van der Waals surface area contributed by atoms with E-state index < -0.39 is 17.1 Å². The third-order valence-electron chi connectivity index (χ3n) is 10.8. The fraction of sp³-hybridized carbons (Fsp3) is 0.364. The van der Waals surface area contributed by atoms with Crippen LogP contribution in [0.3, 0.4) is 0 Å². The Kier molecular flexibility index (Phi) is 13.1. The van der Waals surface area contributed by atoms with Crippen molar-refractivity contribution in [3.8, 4) is 11.5 Å². The molecule has 6 rings (SSSR count). The van der Waals surface area contributed by atoms with E-state index in [0.29, 0.717) is 41.2 Å². The summed E-state index contributed by atoms with van der Waals surface area (Å²) in [6.45, 7) is 13.1. The molecule has 0 saturated heterocycles. The number of aromatic amines is 1. The van der Waals surface area contributed by atoms with E-state index in [4.69, 9.17) is 9.47 Å². The quantitative estimate of drug-likeness (QED) is 0.0524. The highest BCUT2D eigenvalue weighted by molar-refractivity contribution is 7.11. The molecule has 1 aliphatic rings. The zero-order valence-electron chi connectivity index (χ0n) is 32.8. The van der Waals surface area contributed by atoms with E-state index in [9.17, 15) is 24.9 Å². The molecule has 2 aromatic carbocycles. The Morgan fingerprint density at radius 3 is 2.37 bits per heavy atom. The van der Waals surface area contributed by atoms with Crippen LogP contribution < -0.4 is 20.9 Å². The fourth-order valence-corrected chi connectivity index (χ4v) is 9.40. The maximum Gasteiger partial charge on any atom is 0.248 e. The summed E-state index contributed by atoms with van der Waals surface area (Å²) in [5.41, 5.74) is 0.485. The van der Waals surface area contributed by atoms with Crippen LogP contribution in [0.4, 0.5) is 5.69 Å². The van der Waals surface area contributed by atoms with E-state index in [1.54, 1.807) is 31.4 Å². The highest BCUT2D eigenvalue weighted by atomic mass is 32.1. The molecule has 1 saturated carbocycles. The number of rotatable bonds is 17. The maximum absolute atomic E-state index is 13.8. The maximum atomic E-state index is 13.8. The third kappa shape index (κ3) is 9.19. The van der Waals surface area contributed by atoms with Crippen molar-refractivity contribution < 1.29 is 29.6 Å². The van der Waals surface area contributed by atoms with Gasteiger partial charge < -0.3 is 45.3 Å². The van der Waals surface area contributed by atoms with E-state index >= 15 is 0 Å². The van der Waals surface area contributed by atoms with Crippen LogP contribution in [0.1, 0.15) is 72.1 Å². The first-order valence-corrected chi connectivity index (χ1v) is 20.8. The predicted octanol–water partition coefficient (Wildman–Crippen LogP) is 7.51. The second kappa shape index (κ2) is 17.8. The van der Waals surface area contributed by atoms with Crippen molar-refractivity contribution in [1.82, 2.24) is 15.2 Å². The second-order valence-corrected chi connectivity index (χ2v) is 17.2. The number of nitrogens with one attached hydrogen (secondary N) is 3. The van der Waals surface area contributed by atoms with Gasteiger partial charge in [-0.25, -0.2) is 0 Å². The molecule has 1 atom stereocenters. The minimum atomic E-state index is -1.39. The summed E-state index contributed by atoms with van der Waals surface area (Å²) in [5.74, 6) is 0.705. The first-order valence-electron chi connectivity index (χ1n) is 19.0. The largest absolute Gasteiger partial charge is 0.506 e. The molecule has 0 spiro atoms. The van der Waals surface area contributed by atoms with Gasteiger partial charge in [0.25, 0.3) is 0 Å². The third-order valence-corrected chi connectivity index (χ3v) is 12.8. The molecule has 302 valence electrons. The molecule has 57 heavy (non-hydrogen) atoms. The molecule has 1 amide bonds.